The predicted octanol–water partition coefficient (Wildman–Crippen LogP) is 3.31. The van der Waals surface area contributed by atoms with Gasteiger partial charge in [0.15, 0.2) is 11.5 Å². The summed E-state index contributed by atoms with van der Waals surface area (Å²) >= 11 is 0. The molecule has 2 aromatic rings. The molecule has 0 aliphatic heterocycles. The molecule has 2 amide bonds. The van der Waals surface area contributed by atoms with E-state index in [9.17, 15) is 18.4 Å². The van der Waals surface area contributed by atoms with Crippen molar-refractivity contribution in [1.82, 2.24) is 5.32 Å². The second-order valence-electron chi connectivity index (χ2n) is 5.27. The SMILES string of the molecule is CNC(=O)c1cccc(NC(=O)/C=C/c2ccc(OC(F)F)c(OC)c2)c1. The molecule has 27 heavy (non-hydrogen) atoms. The number of halogens is 2. The Morgan fingerprint density at radius 3 is 2.56 bits per heavy atom. The molecule has 8 heteroatoms. The van der Waals surface area contributed by atoms with E-state index in [0.29, 0.717) is 16.8 Å². The maximum Gasteiger partial charge on any atom is 0.387 e. The molecule has 6 nitrogen and oxygen atoms in total. The van der Waals surface area contributed by atoms with Crippen LogP contribution < -0.4 is 20.1 Å². The largest absolute Gasteiger partial charge is 0.493 e. The van der Waals surface area contributed by atoms with Gasteiger partial charge in [0.2, 0.25) is 5.91 Å². The summed E-state index contributed by atoms with van der Waals surface area (Å²) in [5, 5.41) is 5.14. The number of benzene rings is 2. The van der Waals surface area contributed by atoms with Crippen LogP contribution in [0.25, 0.3) is 6.08 Å². The molecular weight excluding hydrogens is 358 g/mol. The van der Waals surface area contributed by atoms with Gasteiger partial charge < -0.3 is 20.1 Å². The number of amides is 2. The number of ether oxygens (including phenoxy) is 2. The van der Waals surface area contributed by atoms with E-state index in [0.717, 1.165) is 0 Å². The number of hydrogen-bond donors (Lipinski definition) is 2. The number of alkyl halides is 2. The number of rotatable bonds is 7. The quantitative estimate of drug-likeness (QED) is 0.727. The molecule has 0 aliphatic rings. The number of anilines is 1. The van der Waals surface area contributed by atoms with Gasteiger partial charge in [-0.15, -0.1) is 0 Å². The van der Waals surface area contributed by atoms with Gasteiger partial charge >= 0.3 is 6.61 Å². The first-order chi connectivity index (χ1) is 12.9. The molecule has 0 aromatic heterocycles. The van der Waals surface area contributed by atoms with Gasteiger partial charge in [0.25, 0.3) is 5.91 Å². The summed E-state index contributed by atoms with van der Waals surface area (Å²) in [5.41, 5.74) is 1.44. The van der Waals surface area contributed by atoms with Crippen molar-refractivity contribution in [2.24, 2.45) is 0 Å². The summed E-state index contributed by atoms with van der Waals surface area (Å²) in [7, 11) is 2.84. The highest BCUT2D eigenvalue weighted by Crippen LogP contribution is 2.29. The van der Waals surface area contributed by atoms with Crippen molar-refractivity contribution in [3.63, 3.8) is 0 Å². The van der Waals surface area contributed by atoms with Gasteiger partial charge in [0.05, 0.1) is 7.11 Å². The Labute approximate surface area is 154 Å². The molecule has 2 N–H and O–H groups in total. The number of nitrogens with one attached hydrogen (secondary N) is 2. The molecule has 0 fully saturated rings. The first-order valence-corrected chi connectivity index (χ1v) is 7.87. The highest BCUT2D eigenvalue weighted by Gasteiger charge is 2.10. The number of carbonyl (C=O) groups is 2. The minimum Gasteiger partial charge on any atom is -0.493 e. The lowest BCUT2D eigenvalue weighted by molar-refractivity contribution is -0.111. The van der Waals surface area contributed by atoms with Crippen LogP contribution in [0.1, 0.15) is 15.9 Å². The fraction of sp³-hybridized carbons (Fsp3) is 0.158. The van der Waals surface area contributed by atoms with E-state index in [1.165, 1.54) is 44.5 Å². The first-order valence-electron chi connectivity index (χ1n) is 7.87. The van der Waals surface area contributed by atoms with E-state index in [2.05, 4.69) is 15.4 Å². The van der Waals surface area contributed by atoms with Crippen LogP contribution in [0.3, 0.4) is 0 Å². The topological polar surface area (TPSA) is 76.7 Å². The summed E-state index contributed by atoms with van der Waals surface area (Å²) in [6, 6.07) is 10.8. The van der Waals surface area contributed by atoms with Crippen molar-refractivity contribution >= 4 is 23.6 Å². The van der Waals surface area contributed by atoms with Crippen molar-refractivity contribution < 1.29 is 27.8 Å². The van der Waals surface area contributed by atoms with Gasteiger partial charge in [0, 0.05) is 24.4 Å². The van der Waals surface area contributed by atoms with Crippen LogP contribution >= 0.6 is 0 Å². The minimum absolute atomic E-state index is 0.0971. The van der Waals surface area contributed by atoms with E-state index in [-0.39, 0.29) is 17.4 Å². The Morgan fingerprint density at radius 2 is 1.89 bits per heavy atom. The van der Waals surface area contributed by atoms with E-state index < -0.39 is 12.5 Å². The summed E-state index contributed by atoms with van der Waals surface area (Å²) in [5.74, 6) is -0.660. The van der Waals surface area contributed by atoms with Crippen molar-refractivity contribution in [2.75, 3.05) is 19.5 Å². The number of carbonyl (C=O) groups excluding carboxylic acids is 2. The molecule has 0 atom stereocenters. The van der Waals surface area contributed by atoms with Crippen LogP contribution in [0.4, 0.5) is 14.5 Å². The smallest absolute Gasteiger partial charge is 0.387 e. The van der Waals surface area contributed by atoms with Crippen LogP contribution in [-0.4, -0.2) is 32.6 Å². The van der Waals surface area contributed by atoms with Gasteiger partial charge in [-0.05, 0) is 42.0 Å². The molecule has 0 saturated carbocycles. The van der Waals surface area contributed by atoms with Gasteiger partial charge in [-0.1, -0.05) is 12.1 Å². The third-order valence-corrected chi connectivity index (χ3v) is 3.45. The predicted molar refractivity (Wildman–Crippen MR) is 97.1 cm³/mol. The van der Waals surface area contributed by atoms with Gasteiger partial charge in [-0.3, -0.25) is 9.59 Å². The van der Waals surface area contributed by atoms with Crippen LogP contribution in [0.5, 0.6) is 11.5 Å². The average Bonchev–Trinajstić information content (AvgIpc) is 2.66. The molecule has 0 unspecified atom stereocenters. The molecule has 0 aliphatic carbocycles. The van der Waals surface area contributed by atoms with Crippen LogP contribution in [0.2, 0.25) is 0 Å². The second-order valence-corrected chi connectivity index (χ2v) is 5.27. The van der Waals surface area contributed by atoms with Crippen molar-refractivity contribution in [3.8, 4) is 11.5 Å². The summed E-state index contributed by atoms with van der Waals surface area (Å²) in [4.78, 5) is 23.7. The van der Waals surface area contributed by atoms with E-state index in [1.54, 1.807) is 24.3 Å². The summed E-state index contributed by atoms with van der Waals surface area (Å²) < 4.78 is 34.0. The molecule has 0 radical (unpaired) electrons. The first kappa shape index (κ1) is 19.9. The lowest BCUT2D eigenvalue weighted by Crippen LogP contribution is -2.18. The fourth-order valence-electron chi connectivity index (χ4n) is 2.22. The highest BCUT2D eigenvalue weighted by molar-refractivity contribution is 6.03. The Morgan fingerprint density at radius 1 is 1.11 bits per heavy atom. The van der Waals surface area contributed by atoms with Gasteiger partial charge in [0.1, 0.15) is 0 Å². The van der Waals surface area contributed by atoms with Crippen molar-refractivity contribution in [1.29, 1.82) is 0 Å². The Hall–Kier alpha value is -3.42. The van der Waals surface area contributed by atoms with Crippen LogP contribution in [0, 0.1) is 0 Å². The van der Waals surface area contributed by atoms with Crippen molar-refractivity contribution in [3.05, 3.63) is 59.7 Å². The molecule has 2 rings (SSSR count). The fourth-order valence-corrected chi connectivity index (χ4v) is 2.22. The zero-order valence-corrected chi connectivity index (χ0v) is 14.7. The van der Waals surface area contributed by atoms with Crippen molar-refractivity contribution in [2.45, 2.75) is 6.61 Å². The third kappa shape index (κ3) is 5.81. The maximum atomic E-state index is 12.3. The maximum absolute atomic E-state index is 12.3. The molecule has 0 spiro atoms. The zero-order chi connectivity index (χ0) is 19.8. The van der Waals surface area contributed by atoms with E-state index >= 15 is 0 Å². The molecule has 142 valence electrons. The molecular formula is C19H18F2N2O4. The lowest BCUT2D eigenvalue weighted by atomic mass is 10.1. The van der Waals surface area contributed by atoms with E-state index in [4.69, 9.17) is 4.74 Å². The third-order valence-electron chi connectivity index (χ3n) is 3.45. The van der Waals surface area contributed by atoms with Gasteiger partial charge in [-0.25, -0.2) is 0 Å². The Balaban J connectivity index is 2.07. The van der Waals surface area contributed by atoms with Gasteiger partial charge in [-0.2, -0.15) is 8.78 Å². The monoisotopic (exact) mass is 376 g/mol. The summed E-state index contributed by atoms with van der Waals surface area (Å²) in [6.07, 6.45) is 2.77. The number of methoxy groups -OCH3 is 1. The average molecular weight is 376 g/mol. The standard InChI is InChI=1S/C19H18F2N2O4/c1-22-18(25)13-4-3-5-14(11-13)23-17(24)9-7-12-6-8-15(27-19(20)21)16(10-12)26-2/h3-11,19H,1-2H3,(H,22,25)(H,23,24)/b9-7+. The molecule has 2 aromatic carbocycles. The lowest BCUT2D eigenvalue weighted by Gasteiger charge is -2.10. The molecule has 0 saturated heterocycles. The Kier molecular flexibility index (Phi) is 6.87. The normalized spacial score (nSPS) is 10.7. The minimum atomic E-state index is -2.96. The summed E-state index contributed by atoms with van der Waals surface area (Å²) in [6.45, 7) is -2.96. The molecule has 0 bridgehead atoms. The zero-order valence-electron chi connectivity index (χ0n) is 14.7. The van der Waals surface area contributed by atoms with E-state index in [1.807, 2.05) is 0 Å². The number of hydrogen-bond acceptors (Lipinski definition) is 4. The molecule has 0 heterocycles. The van der Waals surface area contributed by atoms with Crippen LogP contribution in [0.15, 0.2) is 48.5 Å². The second kappa shape index (κ2) is 9.33. The Bertz CT molecular complexity index is 853. The highest BCUT2D eigenvalue weighted by atomic mass is 19.3. The van der Waals surface area contributed by atoms with Crippen LogP contribution in [-0.2, 0) is 4.79 Å².